The van der Waals surface area contributed by atoms with Gasteiger partial charge in [-0.1, -0.05) is 31.4 Å². The summed E-state index contributed by atoms with van der Waals surface area (Å²) in [5.41, 5.74) is 7.01. The fraction of sp³-hybridized carbons (Fsp3) is 0.611. The predicted molar refractivity (Wildman–Crippen MR) is 88.6 cm³/mol. The Morgan fingerprint density at radius 2 is 1.75 bits per heavy atom. The van der Waals surface area contributed by atoms with Crippen LogP contribution >= 0.6 is 0 Å². The third kappa shape index (κ3) is 5.82. The maximum Gasteiger partial charge on any atom is 0.389 e. The van der Waals surface area contributed by atoms with E-state index < -0.39 is 12.6 Å². The van der Waals surface area contributed by atoms with Crippen molar-refractivity contribution >= 4 is 11.6 Å². The molecule has 1 amide bonds. The molecule has 3 nitrogen and oxygen atoms in total. The number of aryl methyl sites for hydroxylation is 1. The van der Waals surface area contributed by atoms with Crippen LogP contribution in [0.25, 0.3) is 0 Å². The van der Waals surface area contributed by atoms with E-state index in [0.717, 1.165) is 25.7 Å². The fourth-order valence-corrected chi connectivity index (χ4v) is 3.34. The van der Waals surface area contributed by atoms with Gasteiger partial charge in [0.05, 0.1) is 0 Å². The van der Waals surface area contributed by atoms with Crippen molar-refractivity contribution < 1.29 is 18.0 Å². The van der Waals surface area contributed by atoms with E-state index in [2.05, 4.69) is 5.32 Å². The standard InChI is InChI=1S/C18H25F3N2O/c19-18(20,21)11-8-14-4-6-15(7-5-14)23-16(24)12-17(13-22)9-2-1-3-10-17/h4-7H,1-3,8-13,22H2,(H,23,24). The van der Waals surface area contributed by atoms with Crippen LogP contribution in [-0.4, -0.2) is 18.6 Å². The first-order valence-corrected chi connectivity index (χ1v) is 8.48. The number of benzene rings is 1. The largest absolute Gasteiger partial charge is 0.389 e. The highest BCUT2D eigenvalue weighted by Crippen LogP contribution is 2.38. The van der Waals surface area contributed by atoms with Crippen LogP contribution in [0.4, 0.5) is 18.9 Å². The van der Waals surface area contributed by atoms with Crippen molar-refractivity contribution in [1.82, 2.24) is 0 Å². The summed E-state index contributed by atoms with van der Waals surface area (Å²) in [6.45, 7) is 0.511. The number of hydrogen-bond donors (Lipinski definition) is 2. The van der Waals surface area contributed by atoms with Gasteiger partial charge in [-0.05, 0) is 48.9 Å². The summed E-state index contributed by atoms with van der Waals surface area (Å²) < 4.78 is 36.7. The van der Waals surface area contributed by atoms with E-state index in [0.29, 0.717) is 24.2 Å². The number of nitrogens with one attached hydrogen (secondary N) is 1. The van der Waals surface area contributed by atoms with Gasteiger partial charge in [0.25, 0.3) is 0 Å². The SMILES string of the molecule is NCC1(CC(=O)Nc2ccc(CCC(F)(F)F)cc2)CCCCC1. The molecule has 0 aliphatic heterocycles. The van der Waals surface area contributed by atoms with E-state index in [-0.39, 0.29) is 17.7 Å². The lowest BCUT2D eigenvalue weighted by molar-refractivity contribution is -0.134. The number of carbonyl (C=O) groups is 1. The third-order valence-corrected chi connectivity index (χ3v) is 4.82. The van der Waals surface area contributed by atoms with E-state index in [1.165, 1.54) is 6.42 Å². The van der Waals surface area contributed by atoms with Crippen LogP contribution in [-0.2, 0) is 11.2 Å². The van der Waals surface area contributed by atoms with Gasteiger partial charge >= 0.3 is 6.18 Å². The molecule has 6 heteroatoms. The topological polar surface area (TPSA) is 55.1 Å². The quantitative estimate of drug-likeness (QED) is 0.804. The van der Waals surface area contributed by atoms with Gasteiger partial charge in [-0.15, -0.1) is 0 Å². The molecule has 0 heterocycles. The highest BCUT2D eigenvalue weighted by atomic mass is 19.4. The van der Waals surface area contributed by atoms with Crippen LogP contribution in [0.2, 0.25) is 0 Å². The monoisotopic (exact) mass is 342 g/mol. The zero-order valence-corrected chi connectivity index (χ0v) is 13.8. The van der Waals surface area contributed by atoms with Crippen LogP contribution in [0.5, 0.6) is 0 Å². The predicted octanol–water partition coefficient (Wildman–Crippen LogP) is 4.42. The number of carbonyl (C=O) groups excluding carboxylic acids is 1. The zero-order valence-electron chi connectivity index (χ0n) is 13.8. The number of halogens is 3. The van der Waals surface area contributed by atoms with E-state index in [4.69, 9.17) is 5.73 Å². The molecule has 1 fully saturated rings. The molecule has 0 spiro atoms. The highest BCUT2D eigenvalue weighted by Gasteiger charge is 2.33. The second-order valence-electron chi connectivity index (χ2n) is 6.80. The van der Waals surface area contributed by atoms with E-state index >= 15 is 0 Å². The lowest BCUT2D eigenvalue weighted by atomic mass is 9.71. The Labute approximate surface area is 140 Å². The van der Waals surface area contributed by atoms with Crippen molar-refractivity contribution in [3.05, 3.63) is 29.8 Å². The van der Waals surface area contributed by atoms with E-state index in [1.54, 1.807) is 24.3 Å². The Balaban J connectivity index is 1.87. The van der Waals surface area contributed by atoms with Crippen molar-refractivity contribution in [3.63, 3.8) is 0 Å². The number of hydrogen-bond acceptors (Lipinski definition) is 2. The van der Waals surface area contributed by atoms with Gasteiger partial charge in [0, 0.05) is 18.5 Å². The summed E-state index contributed by atoms with van der Waals surface area (Å²) in [7, 11) is 0. The minimum Gasteiger partial charge on any atom is -0.330 e. The van der Waals surface area contributed by atoms with Crippen LogP contribution in [0.1, 0.15) is 50.5 Å². The Hall–Kier alpha value is -1.56. The fourth-order valence-electron chi connectivity index (χ4n) is 3.34. The van der Waals surface area contributed by atoms with Gasteiger partial charge < -0.3 is 11.1 Å². The van der Waals surface area contributed by atoms with Crippen molar-refractivity contribution in [3.8, 4) is 0 Å². The molecule has 1 aromatic carbocycles. The van der Waals surface area contributed by atoms with Crippen molar-refractivity contribution in [1.29, 1.82) is 0 Å². The molecule has 2 rings (SSSR count). The van der Waals surface area contributed by atoms with Crippen LogP contribution in [0.15, 0.2) is 24.3 Å². The maximum atomic E-state index is 12.3. The van der Waals surface area contributed by atoms with Crippen molar-refractivity contribution in [2.45, 2.75) is 57.5 Å². The molecule has 0 bridgehead atoms. The summed E-state index contributed by atoms with van der Waals surface area (Å²) >= 11 is 0. The molecule has 1 aliphatic rings. The van der Waals surface area contributed by atoms with Crippen LogP contribution < -0.4 is 11.1 Å². The molecule has 1 saturated carbocycles. The normalized spacial score (nSPS) is 17.5. The highest BCUT2D eigenvalue weighted by molar-refractivity contribution is 5.91. The van der Waals surface area contributed by atoms with Gasteiger partial charge in [0.2, 0.25) is 5.91 Å². The van der Waals surface area contributed by atoms with Gasteiger partial charge in [0.15, 0.2) is 0 Å². The lowest BCUT2D eigenvalue weighted by Crippen LogP contribution is -2.36. The summed E-state index contributed by atoms with van der Waals surface area (Å²) in [5, 5.41) is 2.83. The molecule has 24 heavy (non-hydrogen) atoms. The van der Waals surface area contributed by atoms with Crippen LogP contribution in [0, 0.1) is 5.41 Å². The first-order valence-electron chi connectivity index (χ1n) is 8.48. The molecule has 134 valence electrons. The first kappa shape index (κ1) is 18.8. The van der Waals surface area contributed by atoms with Gasteiger partial charge in [-0.2, -0.15) is 13.2 Å². The van der Waals surface area contributed by atoms with Crippen molar-refractivity contribution in [2.75, 3.05) is 11.9 Å². The maximum absolute atomic E-state index is 12.3. The lowest BCUT2D eigenvalue weighted by Gasteiger charge is -2.35. The summed E-state index contributed by atoms with van der Waals surface area (Å²) in [4.78, 5) is 12.3. The van der Waals surface area contributed by atoms with Crippen LogP contribution in [0.3, 0.4) is 0 Å². The minimum absolute atomic E-state index is 0.0476. The van der Waals surface area contributed by atoms with Crippen molar-refractivity contribution in [2.24, 2.45) is 11.1 Å². The zero-order chi connectivity index (χ0) is 17.6. The number of alkyl halides is 3. The molecule has 3 N–H and O–H groups in total. The molecule has 0 aromatic heterocycles. The number of rotatable bonds is 6. The minimum atomic E-state index is -4.15. The third-order valence-electron chi connectivity index (χ3n) is 4.82. The molecule has 1 aliphatic carbocycles. The molecule has 1 aromatic rings. The van der Waals surface area contributed by atoms with Gasteiger partial charge in [-0.25, -0.2) is 0 Å². The molecule has 0 radical (unpaired) electrons. The average Bonchev–Trinajstić information content (AvgIpc) is 2.54. The van der Waals surface area contributed by atoms with Gasteiger partial charge in [0.1, 0.15) is 0 Å². The summed E-state index contributed by atoms with van der Waals surface area (Å²) in [5.74, 6) is -0.0783. The van der Waals surface area contributed by atoms with E-state index in [9.17, 15) is 18.0 Å². The molecular formula is C18H25F3N2O. The van der Waals surface area contributed by atoms with Gasteiger partial charge in [-0.3, -0.25) is 4.79 Å². The summed E-state index contributed by atoms with van der Waals surface area (Å²) in [6.07, 6.45) is 0.745. The Morgan fingerprint density at radius 1 is 1.12 bits per heavy atom. The second kappa shape index (κ2) is 8.01. The Kier molecular flexibility index (Phi) is 6.27. The van der Waals surface area contributed by atoms with E-state index in [1.807, 2.05) is 0 Å². The summed E-state index contributed by atoms with van der Waals surface area (Å²) in [6, 6.07) is 6.56. The smallest absolute Gasteiger partial charge is 0.330 e. The number of nitrogens with two attached hydrogens (primary N) is 1. The Bertz CT molecular complexity index is 534. The Morgan fingerprint density at radius 3 is 2.29 bits per heavy atom. The number of anilines is 1. The molecule has 0 atom stereocenters. The molecular weight excluding hydrogens is 317 g/mol. The number of amides is 1. The average molecular weight is 342 g/mol. The molecule has 0 saturated heterocycles. The first-order chi connectivity index (χ1) is 11.3. The molecule has 0 unspecified atom stereocenters. The second-order valence-corrected chi connectivity index (χ2v) is 6.80.